The zero-order valence-corrected chi connectivity index (χ0v) is 17.1. The lowest BCUT2D eigenvalue weighted by atomic mass is 10.0. The molecule has 0 atom stereocenters. The summed E-state index contributed by atoms with van der Waals surface area (Å²) < 4.78 is 62.8. The highest BCUT2D eigenvalue weighted by Crippen LogP contribution is 2.32. The average molecular weight is 446 g/mol. The summed E-state index contributed by atoms with van der Waals surface area (Å²) in [4.78, 5) is 6.33. The summed E-state index contributed by atoms with van der Waals surface area (Å²) in [7, 11) is -3.31. The third-order valence-corrected chi connectivity index (χ3v) is 5.47. The highest BCUT2D eigenvalue weighted by Gasteiger charge is 2.30. The molecule has 0 amide bonds. The topological polar surface area (TPSA) is 62.3 Å². The second kappa shape index (κ2) is 8.33. The second-order valence-corrected chi connectivity index (χ2v) is 8.98. The van der Waals surface area contributed by atoms with E-state index in [9.17, 15) is 21.6 Å². The van der Waals surface area contributed by atoms with Crippen LogP contribution in [-0.4, -0.2) is 32.7 Å². The number of benzene rings is 1. The van der Waals surface area contributed by atoms with Crippen LogP contribution < -0.4 is 9.62 Å². The smallest absolute Gasteiger partial charge is 0.367 e. The van der Waals surface area contributed by atoms with Gasteiger partial charge >= 0.3 is 6.18 Å². The molecule has 1 aromatic carbocycles. The van der Waals surface area contributed by atoms with E-state index in [1.54, 1.807) is 12.3 Å². The van der Waals surface area contributed by atoms with Crippen molar-refractivity contribution in [3.63, 3.8) is 0 Å². The number of hydrogen-bond donors (Lipinski definition) is 1. The molecular formula is C19H19ClF3N3O2S. The molecular weight excluding hydrogens is 427 g/mol. The predicted molar refractivity (Wildman–Crippen MR) is 107 cm³/mol. The van der Waals surface area contributed by atoms with Crippen LogP contribution in [0.2, 0.25) is 5.02 Å². The van der Waals surface area contributed by atoms with E-state index in [1.165, 1.54) is 12.1 Å². The van der Waals surface area contributed by atoms with Crippen molar-refractivity contribution in [1.82, 2.24) is 9.71 Å². The fraction of sp³-hybridized carbons (Fsp3) is 0.316. The van der Waals surface area contributed by atoms with Gasteiger partial charge in [0.05, 0.1) is 22.5 Å². The van der Waals surface area contributed by atoms with E-state index in [0.29, 0.717) is 35.8 Å². The monoisotopic (exact) mass is 445 g/mol. The molecule has 1 aliphatic heterocycles. The molecule has 0 saturated heterocycles. The van der Waals surface area contributed by atoms with E-state index < -0.39 is 21.8 Å². The highest BCUT2D eigenvalue weighted by atomic mass is 35.5. The zero-order chi connectivity index (χ0) is 21.2. The minimum Gasteiger partial charge on any atom is -0.367 e. The lowest BCUT2D eigenvalue weighted by Crippen LogP contribution is -2.28. The second-order valence-electron chi connectivity index (χ2n) is 6.74. The Morgan fingerprint density at radius 3 is 2.45 bits per heavy atom. The molecule has 1 aliphatic rings. The summed E-state index contributed by atoms with van der Waals surface area (Å²) in [5.74, 6) is 0. The Bertz CT molecular complexity index is 1020. The first-order valence-corrected chi connectivity index (χ1v) is 11.0. The molecule has 0 radical (unpaired) electrons. The summed E-state index contributed by atoms with van der Waals surface area (Å²) in [5.41, 5.74) is 2.26. The van der Waals surface area contributed by atoms with Crippen LogP contribution in [0.5, 0.6) is 0 Å². The third kappa shape index (κ3) is 5.71. The van der Waals surface area contributed by atoms with E-state index in [4.69, 9.17) is 11.6 Å². The van der Waals surface area contributed by atoms with Crippen molar-refractivity contribution in [2.24, 2.45) is 0 Å². The Kier molecular flexibility index (Phi) is 6.21. The molecule has 0 unspecified atom stereocenters. The van der Waals surface area contributed by atoms with E-state index >= 15 is 0 Å². The van der Waals surface area contributed by atoms with Gasteiger partial charge in [0.2, 0.25) is 10.0 Å². The fourth-order valence-corrected chi connectivity index (χ4v) is 3.74. The third-order valence-electron chi connectivity index (χ3n) is 4.51. The Balaban J connectivity index is 1.69. The molecule has 2 aromatic rings. The number of hydrogen-bond acceptors (Lipinski definition) is 4. The van der Waals surface area contributed by atoms with Crippen LogP contribution in [0.15, 0.2) is 42.6 Å². The molecule has 156 valence electrons. The molecule has 1 aromatic heterocycles. The Morgan fingerprint density at radius 2 is 1.93 bits per heavy atom. The quantitative estimate of drug-likeness (QED) is 0.752. The normalized spacial score (nSPS) is 15.3. The highest BCUT2D eigenvalue weighted by molar-refractivity contribution is 7.88. The minimum absolute atomic E-state index is 0.104. The van der Waals surface area contributed by atoms with Crippen LogP contribution >= 0.6 is 11.6 Å². The van der Waals surface area contributed by atoms with Gasteiger partial charge in [0.1, 0.15) is 0 Å². The van der Waals surface area contributed by atoms with Crippen molar-refractivity contribution in [2.75, 3.05) is 24.2 Å². The van der Waals surface area contributed by atoms with Crippen LogP contribution in [0.3, 0.4) is 0 Å². The van der Waals surface area contributed by atoms with Crippen molar-refractivity contribution in [3.05, 3.63) is 64.4 Å². The summed E-state index contributed by atoms with van der Waals surface area (Å²) in [6.45, 7) is 1.25. The van der Waals surface area contributed by atoms with Crippen molar-refractivity contribution >= 4 is 32.9 Å². The fourth-order valence-electron chi connectivity index (χ4n) is 3.00. The van der Waals surface area contributed by atoms with Gasteiger partial charge in [-0.15, -0.1) is 0 Å². The number of rotatable bonds is 5. The summed E-state index contributed by atoms with van der Waals surface area (Å²) in [6, 6.07) is 6.77. The van der Waals surface area contributed by atoms with Gasteiger partial charge < -0.3 is 4.90 Å². The molecule has 2 heterocycles. The van der Waals surface area contributed by atoms with Gasteiger partial charge in [0.15, 0.2) is 0 Å². The molecule has 0 aliphatic carbocycles. The Morgan fingerprint density at radius 1 is 1.24 bits per heavy atom. The first-order valence-electron chi connectivity index (χ1n) is 8.73. The summed E-state index contributed by atoms with van der Waals surface area (Å²) >= 11 is 6.33. The lowest BCUT2D eigenvalue weighted by molar-refractivity contribution is -0.137. The van der Waals surface area contributed by atoms with Gasteiger partial charge in [0.25, 0.3) is 0 Å². The summed E-state index contributed by atoms with van der Waals surface area (Å²) in [6.07, 6.45) is 0.880. The number of alkyl halides is 3. The summed E-state index contributed by atoms with van der Waals surface area (Å²) in [5, 5.41) is 0.423. The van der Waals surface area contributed by atoms with Gasteiger partial charge in [-0.3, -0.25) is 4.98 Å². The maximum absolute atomic E-state index is 12.7. The van der Waals surface area contributed by atoms with E-state index in [-0.39, 0.29) is 6.54 Å². The number of nitrogens with zero attached hydrogens (tertiary/aromatic N) is 2. The van der Waals surface area contributed by atoms with Gasteiger partial charge in [-0.2, -0.15) is 13.2 Å². The average Bonchev–Trinajstić information content (AvgIpc) is 2.66. The number of nitrogens with one attached hydrogen (secondary N) is 1. The van der Waals surface area contributed by atoms with Gasteiger partial charge in [0, 0.05) is 31.5 Å². The van der Waals surface area contributed by atoms with Crippen molar-refractivity contribution in [3.8, 4) is 0 Å². The van der Waals surface area contributed by atoms with Crippen LogP contribution in [0.4, 0.5) is 18.9 Å². The standard InChI is InChI=1S/C19H19ClF3N3O2S/c1-29(27,28)25-12-13-10-17(20)18(24-11-13)14-6-8-26(9-7-14)16-4-2-15(3-5-16)19(21,22)23/h2-6,10-11,25H,7-9,12H2,1H3. The number of sulfonamides is 1. The van der Waals surface area contributed by atoms with E-state index in [1.807, 2.05) is 11.0 Å². The van der Waals surface area contributed by atoms with Crippen molar-refractivity contribution in [2.45, 2.75) is 19.1 Å². The number of aromatic nitrogens is 1. The van der Waals surface area contributed by atoms with E-state index in [2.05, 4.69) is 9.71 Å². The van der Waals surface area contributed by atoms with Gasteiger partial charge in [-0.25, -0.2) is 13.1 Å². The van der Waals surface area contributed by atoms with Crippen molar-refractivity contribution < 1.29 is 21.6 Å². The van der Waals surface area contributed by atoms with Crippen LogP contribution in [0.25, 0.3) is 5.57 Å². The maximum atomic E-state index is 12.7. The SMILES string of the molecule is CS(=O)(=O)NCc1cnc(C2=CCN(c3ccc(C(F)(F)F)cc3)CC2)c(Cl)c1. The Labute approximate surface area is 172 Å². The number of pyridine rings is 1. The first-order chi connectivity index (χ1) is 13.5. The van der Waals surface area contributed by atoms with Gasteiger partial charge in [-0.1, -0.05) is 17.7 Å². The predicted octanol–water partition coefficient (Wildman–Crippen LogP) is 4.10. The number of halogens is 4. The molecule has 0 bridgehead atoms. The molecule has 3 rings (SSSR count). The Hall–Kier alpha value is -2.10. The van der Waals surface area contributed by atoms with Crippen LogP contribution in [0, 0.1) is 0 Å². The van der Waals surface area contributed by atoms with Crippen LogP contribution in [-0.2, 0) is 22.7 Å². The molecule has 29 heavy (non-hydrogen) atoms. The first kappa shape index (κ1) is 21.6. The number of anilines is 1. The van der Waals surface area contributed by atoms with Crippen molar-refractivity contribution in [1.29, 1.82) is 0 Å². The van der Waals surface area contributed by atoms with Gasteiger partial charge in [-0.05, 0) is 47.9 Å². The molecule has 10 heteroatoms. The zero-order valence-electron chi connectivity index (χ0n) is 15.5. The molecule has 0 saturated carbocycles. The molecule has 0 fully saturated rings. The maximum Gasteiger partial charge on any atom is 0.416 e. The van der Waals surface area contributed by atoms with Crippen LogP contribution in [0.1, 0.15) is 23.2 Å². The largest absolute Gasteiger partial charge is 0.416 e. The van der Waals surface area contributed by atoms with E-state index in [0.717, 1.165) is 29.6 Å². The molecule has 5 nitrogen and oxygen atoms in total. The molecule has 0 spiro atoms. The minimum atomic E-state index is -4.35. The molecule has 1 N–H and O–H groups in total. The lowest BCUT2D eigenvalue weighted by Gasteiger charge is -2.28.